The Balaban J connectivity index is 0.00000169. The average Bonchev–Trinajstić information content (AvgIpc) is 2.61. The molecule has 26 heavy (non-hydrogen) atoms. The fourth-order valence-electron chi connectivity index (χ4n) is 2.92. The third-order valence-electron chi connectivity index (χ3n) is 4.26. The van der Waals surface area contributed by atoms with Gasteiger partial charge in [-0.25, -0.2) is 4.98 Å². The lowest BCUT2D eigenvalue weighted by molar-refractivity contribution is 0.283. The number of nitrogen functional groups attached to an aromatic ring is 1. The fourth-order valence-corrected chi connectivity index (χ4v) is 2.92. The van der Waals surface area contributed by atoms with Crippen LogP contribution in [0.1, 0.15) is 0 Å². The van der Waals surface area contributed by atoms with Gasteiger partial charge in [-0.2, -0.15) is 4.98 Å². The highest BCUT2D eigenvalue weighted by atomic mass is 35.5. The number of nitrogens with two attached hydrogens (primary N) is 1. The van der Waals surface area contributed by atoms with E-state index in [1.807, 2.05) is 18.2 Å². The molecule has 144 valence electrons. The largest absolute Gasteiger partial charge is 0.493 e. The summed E-state index contributed by atoms with van der Waals surface area (Å²) >= 11 is 0. The van der Waals surface area contributed by atoms with Gasteiger partial charge in [-0.1, -0.05) is 6.08 Å². The Morgan fingerprint density at radius 2 is 1.69 bits per heavy atom. The SMILES string of the molecule is C=CCN1CCN(c2nc(N)c3cc(OC)c(OC)cc3n2)CC1.Cl.Cl. The molecule has 0 amide bonds. The Kier molecular flexibility index (Phi) is 8.20. The van der Waals surface area contributed by atoms with E-state index in [2.05, 4.69) is 26.3 Å². The number of anilines is 2. The van der Waals surface area contributed by atoms with E-state index < -0.39 is 0 Å². The number of halogens is 2. The Morgan fingerprint density at radius 3 is 2.27 bits per heavy atom. The van der Waals surface area contributed by atoms with Gasteiger partial charge in [-0.05, 0) is 6.07 Å². The van der Waals surface area contributed by atoms with E-state index in [4.69, 9.17) is 15.2 Å². The minimum absolute atomic E-state index is 0. The molecule has 0 bridgehead atoms. The molecular formula is C17H25Cl2N5O2. The fraction of sp³-hybridized carbons (Fsp3) is 0.412. The number of aromatic nitrogens is 2. The standard InChI is InChI=1S/C17H23N5O2.2ClH/c1-4-5-21-6-8-22(9-7-21)17-19-13-11-15(24-3)14(23-2)10-12(13)16(18)20-17;;/h4,10-11H,1,5-9H2,2-3H3,(H2,18,19,20);2*1H. The molecule has 0 spiro atoms. The summed E-state index contributed by atoms with van der Waals surface area (Å²) in [7, 11) is 3.20. The van der Waals surface area contributed by atoms with Crippen LogP contribution in [0.3, 0.4) is 0 Å². The van der Waals surface area contributed by atoms with Crippen LogP contribution in [-0.2, 0) is 0 Å². The normalized spacial score (nSPS) is 14.3. The first-order valence-corrected chi connectivity index (χ1v) is 7.93. The van der Waals surface area contributed by atoms with Crippen LogP contribution in [0.15, 0.2) is 24.8 Å². The number of rotatable bonds is 5. The molecule has 2 aromatic rings. The monoisotopic (exact) mass is 401 g/mol. The first kappa shape index (κ1) is 22.1. The second-order valence-corrected chi connectivity index (χ2v) is 5.71. The summed E-state index contributed by atoms with van der Waals surface area (Å²) in [4.78, 5) is 13.7. The van der Waals surface area contributed by atoms with Crippen molar-refractivity contribution in [1.82, 2.24) is 14.9 Å². The molecule has 0 atom stereocenters. The summed E-state index contributed by atoms with van der Waals surface area (Å²) in [6.07, 6.45) is 1.93. The van der Waals surface area contributed by atoms with Gasteiger partial charge in [0, 0.05) is 44.2 Å². The zero-order valence-corrected chi connectivity index (χ0v) is 16.6. The van der Waals surface area contributed by atoms with Crippen molar-refractivity contribution in [3.05, 3.63) is 24.8 Å². The first-order chi connectivity index (χ1) is 11.7. The Morgan fingerprint density at radius 1 is 1.08 bits per heavy atom. The molecule has 1 aliphatic rings. The van der Waals surface area contributed by atoms with Crippen molar-refractivity contribution in [3.8, 4) is 11.5 Å². The Bertz CT molecular complexity index is 752. The molecule has 2 N–H and O–H groups in total. The Labute approximate surface area is 166 Å². The minimum Gasteiger partial charge on any atom is -0.493 e. The van der Waals surface area contributed by atoms with Crippen LogP contribution in [0, 0.1) is 0 Å². The highest BCUT2D eigenvalue weighted by Crippen LogP contribution is 2.34. The predicted molar refractivity (Wildman–Crippen MR) is 110 cm³/mol. The molecule has 1 saturated heterocycles. The maximum atomic E-state index is 6.16. The second-order valence-electron chi connectivity index (χ2n) is 5.71. The lowest BCUT2D eigenvalue weighted by Gasteiger charge is -2.34. The highest BCUT2D eigenvalue weighted by Gasteiger charge is 2.20. The van der Waals surface area contributed by atoms with Gasteiger partial charge < -0.3 is 20.1 Å². The maximum absolute atomic E-state index is 6.16. The summed E-state index contributed by atoms with van der Waals surface area (Å²) in [6, 6.07) is 3.65. The van der Waals surface area contributed by atoms with Gasteiger partial charge in [-0.15, -0.1) is 31.4 Å². The number of ether oxygens (including phenoxy) is 2. The summed E-state index contributed by atoms with van der Waals surface area (Å²) in [6.45, 7) is 8.35. The van der Waals surface area contributed by atoms with E-state index in [1.165, 1.54) is 0 Å². The number of hydrogen-bond donors (Lipinski definition) is 1. The number of nitrogens with zero attached hydrogens (tertiary/aromatic N) is 4. The van der Waals surface area contributed by atoms with Crippen LogP contribution in [0.25, 0.3) is 10.9 Å². The van der Waals surface area contributed by atoms with E-state index in [9.17, 15) is 0 Å². The molecule has 2 heterocycles. The first-order valence-electron chi connectivity index (χ1n) is 7.93. The maximum Gasteiger partial charge on any atom is 0.227 e. The van der Waals surface area contributed by atoms with Gasteiger partial charge in [0.2, 0.25) is 5.95 Å². The Hall–Kier alpha value is -1.96. The smallest absolute Gasteiger partial charge is 0.227 e. The van der Waals surface area contributed by atoms with Crippen LogP contribution >= 0.6 is 24.8 Å². The van der Waals surface area contributed by atoms with Crippen molar-refractivity contribution >= 4 is 47.5 Å². The zero-order chi connectivity index (χ0) is 17.1. The summed E-state index contributed by atoms with van der Waals surface area (Å²) in [5.41, 5.74) is 6.91. The molecule has 0 aliphatic carbocycles. The van der Waals surface area contributed by atoms with E-state index in [0.29, 0.717) is 23.3 Å². The third-order valence-corrected chi connectivity index (χ3v) is 4.26. The molecule has 1 aliphatic heterocycles. The van der Waals surface area contributed by atoms with E-state index in [1.54, 1.807) is 14.2 Å². The van der Waals surface area contributed by atoms with E-state index in [-0.39, 0.29) is 24.8 Å². The number of hydrogen-bond acceptors (Lipinski definition) is 7. The van der Waals surface area contributed by atoms with Crippen molar-refractivity contribution in [3.63, 3.8) is 0 Å². The van der Waals surface area contributed by atoms with Gasteiger partial charge in [0.15, 0.2) is 11.5 Å². The number of fused-ring (bicyclic) bond motifs is 1. The van der Waals surface area contributed by atoms with Gasteiger partial charge in [0.1, 0.15) is 5.82 Å². The predicted octanol–water partition coefficient (Wildman–Crippen LogP) is 2.38. The topological polar surface area (TPSA) is 76.7 Å². The van der Waals surface area contributed by atoms with Crippen molar-refractivity contribution in [2.24, 2.45) is 0 Å². The average molecular weight is 402 g/mol. The molecule has 1 fully saturated rings. The molecule has 1 aromatic heterocycles. The molecule has 9 heteroatoms. The van der Waals surface area contributed by atoms with Crippen molar-refractivity contribution in [1.29, 1.82) is 0 Å². The van der Waals surface area contributed by atoms with E-state index in [0.717, 1.165) is 43.6 Å². The lowest BCUT2D eigenvalue weighted by Crippen LogP contribution is -2.47. The summed E-state index contributed by atoms with van der Waals surface area (Å²) in [5.74, 6) is 2.35. The number of piperazine rings is 1. The quantitative estimate of drug-likeness (QED) is 0.770. The molecule has 1 aromatic carbocycles. The lowest BCUT2D eigenvalue weighted by atomic mass is 10.2. The van der Waals surface area contributed by atoms with Gasteiger partial charge in [0.25, 0.3) is 0 Å². The number of methoxy groups -OCH3 is 2. The molecular weight excluding hydrogens is 377 g/mol. The van der Waals surface area contributed by atoms with Crippen LogP contribution in [0.4, 0.5) is 11.8 Å². The minimum atomic E-state index is 0. The van der Waals surface area contributed by atoms with Crippen molar-refractivity contribution in [2.45, 2.75) is 0 Å². The van der Waals surface area contributed by atoms with Crippen LogP contribution in [0.5, 0.6) is 11.5 Å². The number of benzene rings is 1. The van der Waals surface area contributed by atoms with Gasteiger partial charge in [0.05, 0.1) is 19.7 Å². The second kappa shape index (κ2) is 9.66. The van der Waals surface area contributed by atoms with Gasteiger partial charge >= 0.3 is 0 Å². The van der Waals surface area contributed by atoms with Crippen LogP contribution in [0.2, 0.25) is 0 Å². The van der Waals surface area contributed by atoms with Crippen molar-refractivity contribution < 1.29 is 9.47 Å². The molecule has 0 unspecified atom stereocenters. The van der Waals surface area contributed by atoms with Crippen LogP contribution < -0.4 is 20.1 Å². The van der Waals surface area contributed by atoms with Crippen LogP contribution in [-0.4, -0.2) is 61.8 Å². The summed E-state index contributed by atoms with van der Waals surface area (Å²) < 4.78 is 10.7. The highest BCUT2D eigenvalue weighted by molar-refractivity contribution is 5.91. The third kappa shape index (κ3) is 4.41. The molecule has 3 rings (SSSR count). The van der Waals surface area contributed by atoms with Gasteiger partial charge in [-0.3, -0.25) is 4.90 Å². The molecule has 0 radical (unpaired) electrons. The summed E-state index contributed by atoms with van der Waals surface area (Å²) in [5, 5.41) is 0.765. The zero-order valence-electron chi connectivity index (χ0n) is 15.0. The van der Waals surface area contributed by atoms with Crippen molar-refractivity contribution in [2.75, 3.05) is 57.6 Å². The molecule has 0 saturated carbocycles. The molecule has 7 nitrogen and oxygen atoms in total. The van der Waals surface area contributed by atoms with E-state index >= 15 is 0 Å².